The summed E-state index contributed by atoms with van der Waals surface area (Å²) >= 11 is 0. The zero-order valence-corrected chi connectivity index (χ0v) is 14.9. The number of anilines is 2. The van der Waals surface area contributed by atoms with Gasteiger partial charge in [-0.25, -0.2) is 4.79 Å². The van der Waals surface area contributed by atoms with E-state index in [2.05, 4.69) is 15.6 Å². The zero-order valence-electron chi connectivity index (χ0n) is 14.9. The van der Waals surface area contributed by atoms with E-state index in [-0.39, 0.29) is 6.61 Å². The van der Waals surface area contributed by atoms with Gasteiger partial charge in [0.2, 0.25) is 0 Å². The lowest BCUT2D eigenvalue weighted by Gasteiger charge is -2.10. The van der Waals surface area contributed by atoms with Gasteiger partial charge in [0.15, 0.2) is 0 Å². The van der Waals surface area contributed by atoms with Gasteiger partial charge in [-0.05, 0) is 29.3 Å². The molecule has 0 radical (unpaired) electrons. The fraction of sp³-hybridized carbons (Fsp3) is 0.143. The molecule has 6 heteroatoms. The molecule has 0 spiro atoms. The maximum absolute atomic E-state index is 11.8. The van der Waals surface area contributed by atoms with Gasteiger partial charge in [0, 0.05) is 31.0 Å². The Morgan fingerprint density at radius 3 is 2.37 bits per heavy atom. The lowest BCUT2D eigenvalue weighted by molar-refractivity contribution is 0.139. The van der Waals surface area contributed by atoms with Crippen LogP contribution in [-0.4, -0.2) is 11.1 Å². The number of carbonyl (C=O) groups excluding carboxylic acids is 1. The van der Waals surface area contributed by atoms with Crippen molar-refractivity contribution < 1.29 is 9.53 Å². The van der Waals surface area contributed by atoms with Gasteiger partial charge in [0.25, 0.3) is 0 Å². The van der Waals surface area contributed by atoms with Gasteiger partial charge in [-0.2, -0.15) is 0 Å². The van der Waals surface area contributed by atoms with Crippen LogP contribution < -0.4 is 16.4 Å². The minimum absolute atomic E-state index is 0.201. The van der Waals surface area contributed by atoms with Crippen LogP contribution in [0.1, 0.15) is 16.7 Å². The van der Waals surface area contributed by atoms with Crippen molar-refractivity contribution in [3.63, 3.8) is 0 Å². The predicted molar refractivity (Wildman–Crippen MR) is 106 cm³/mol. The Morgan fingerprint density at radius 1 is 0.926 bits per heavy atom. The van der Waals surface area contributed by atoms with E-state index >= 15 is 0 Å². The molecule has 0 atom stereocenters. The second-order valence-corrected chi connectivity index (χ2v) is 6.05. The Bertz CT molecular complexity index is 867. The number of pyridine rings is 1. The summed E-state index contributed by atoms with van der Waals surface area (Å²) in [6, 6.07) is 19.3. The number of aromatic nitrogens is 1. The number of rotatable bonds is 7. The molecule has 6 nitrogen and oxygen atoms in total. The van der Waals surface area contributed by atoms with Gasteiger partial charge < -0.3 is 21.1 Å². The number of carbonyl (C=O) groups is 1. The summed E-state index contributed by atoms with van der Waals surface area (Å²) in [6.45, 7) is 1.28. The molecule has 1 heterocycles. The summed E-state index contributed by atoms with van der Waals surface area (Å²) in [4.78, 5) is 15.8. The quantitative estimate of drug-likeness (QED) is 0.558. The summed E-state index contributed by atoms with van der Waals surface area (Å²) in [5, 5.41) is 6.05. The van der Waals surface area contributed by atoms with E-state index in [9.17, 15) is 4.79 Å². The minimum atomic E-state index is -0.454. The lowest BCUT2D eigenvalue weighted by Crippen LogP contribution is -2.23. The van der Waals surface area contributed by atoms with Crippen LogP contribution in [0.15, 0.2) is 73.1 Å². The first-order valence-electron chi connectivity index (χ1n) is 8.66. The van der Waals surface area contributed by atoms with E-state index in [1.54, 1.807) is 18.5 Å². The van der Waals surface area contributed by atoms with Crippen molar-refractivity contribution in [3.8, 4) is 0 Å². The van der Waals surface area contributed by atoms with Gasteiger partial charge in [-0.15, -0.1) is 0 Å². The van der Waals surface area contributed by atoms with Gasteiger partial charge in [0.05, 0.1) is 11.4 Å². The molecule has 0 unspecified atom stereocenters. The second kappa shape index (κ2) is 9.24. The van der Waals surface area contributed by atoms with Gasteiger partial charge in [0.1, 0.15) is 6.61 Å². The van der Waals surface area contributed by atoms with E-state index in [1.165, 1.54) is 0 Å². The summed E-state index contributed by atoms with van der Waals surface area (Å²) < 4.78 is 5.16. The lowest BCUT2D eigenvalue weighted by atomic mass is 10.1. The van der Waals surface area contributed by atoms with Gasteiger partial charge in [-0.1, -0.05) is 42.5 Å². The smallest absolute Gasteiger partial charge is 0.407 e. The number of alkyl carbamates (subject to hydrolysis) is 1. The number of benzene rings is 2. The Kier molecular flexibility index (Phi) is 6.25. The topological polar surface area (TPSA) is 89.3 Å². The van der Waals surface area contributed by atoms with Crippen molar-refractivity contribution in [1.82, 2.24) is 10.3 Å². The van der Waals surface area contributed by atoms with Crippen molar-refractivity contribution in [2.75, 3.05) is 11.1 Å². The average Bonchev–Trinajstić information content (AvgIpc) is 2.72. The first kappa shape index (κ1) is 18.3. The number of ether oxygens (including phenoxy) is 1. The van der Waals surface area contributed by atoms with Crippen LogP contribution >= 0.6 is 0 Å². The fourth-order valence-corrected chi connectivity index (χ4v) is 2.49. The second-order valence-electron chi connectivity index (χ2n) is 6.05. The van der Waals surface area contributed by atoms with Crippen molar-refractivity contribution in [2.45, 2.75) is 19.7 Å². The van der Waals surface area contributed by atoms with E-state index in [0.717, 1.165) is 28.1 Å². The normalized spacial score (nSPS) is 10.2. The highest BCUT2D eigenvalue weighted by atomic mass is 16.5. The molecule has 0 fully saturated rings. The summed E-state index contributed by atoms with van der Waals surface area (Å²) in [5.74, 6) is 0. The number of nitrogens with two attached hydrogens (primary N) is 1. The SMILES string of the molecule is Nc1ccccc1NCc1ccc(CNC(=O)OCc2cccnc2)cc1. The Morgan fingerprint density at radius 2 is 1.67 bits per heavy atom. The van der Waals surface area contributed by atoms with E-state index in [4.69, 9.17) is 10.5 Å². The summed E-state index contributed by atoms with van der Waals surface area (Å²) in [7, 11) is 0. The average molecular weight is 362 g/mol. The standard InChI is InChI=1S/C21H22N4O2/c22-19-5-1-2-6-20(19)24-13-16-7-9-17(10-8-16)14-25-21(26)27-15-18-4-3-11-23-12-18/h1-12,24H,13-15,22H2,(H,25,26). The largest absolute Gasteiger partial charge is 0.445 e. The number of hydrogen-bond acceptors (Lipinski definition) is 5. The monoisotopic (exact) mass is 362 g/mol. The molecular weight excluding hydrogens is 340 g/mol. The van der Waals surface area contributed by atoms with Crippen LogP contribution in [0, 0.1) is 0 Å². The first-order chi connectivity index (χ1) is 13.2. The molecule has 1 amide bonds. The fourth-order valence-electron chi connectivity index (χ4n) is 2.49. The third-order valence-electron chi connectivity index (χ3n) is 4.00. The number of nitrogens with one attached hydrogen (secondary N) is 2. The third kappa shape index (κ3) is 5.74. The van der Waals surface area contributed by atoms with Crippen molar-refractivity contribution in [3.05, 3.63) is 89.7 Å². The minimum Gasteiger partial charge on any atom is -0.445 e. The molecule has 138 valence electrons. The molecular formula is C21H22N4O2. The van der Waals surface area contributed by atoms with Crippen LogP contribution in [0.25, 0.3) is 0 Å². The van der Waals surface area contributed by atoms with Crippen molar-refractivity contribution >= 4 is 17.5 Å². The zero-order chi connectivity index (χ0) is 18.9. The molecule has 3 rings (SSSR count). The van der Waals surface area contributed by atoms with Crippen LogP contribution in [-0.2, 0) is 24.4 Å². The Labute approximate surface area is 158 Å². The van der Waals surface area contributed by atoms with Crippen molar-refractivity contribution in [2.24, 2.45) is 0 Å². The Balaban J connectivity index is 1.42. The highest BCUT2D eigenvalue weighted by Gasteiger charge is 2.03. The van der Waals surface area contributed by atoms with Crippen LogP contribution in [0.3, 0.4) is 0 Å². The molecule has 0 saturated carbocycles. The van der Waals surface area contributed by atoms with Gasteiger partial charge in [-0.3, -0.25) is 4.98 Å². The first-order valence-corrected chi connectivity index (χ1v) is 8.66. The summed E-state index contributed by atoms with van der Waals surface area (Å²) in [5.41, 5.74) is 10.5. The highest BCUT2D eigenvalue weighted by Crippen LogP contribution is 2.17. The maximum atomic E-state index is 11.8. The van der Waals surface area contributed by atoms with Crippen molar-refractivity contribution in [1.29, 1.82) is 0 Å². The number of para-hydroxylation sites is 2. The molecule has 0 bridgehead atoms. The third-order valence-corrected chi connectivity index (χ3v) is 4.00. The summed E-state index contributed by atoms with van der Waals surface area (Å²) in [6.07, 6.45) is 2.89. The Hall–Kier alpha value is -3.54. The molecule has 2 aromatic carbocycles. The molecule has 0 aliphatic heterocycles. The highest BCUT2D eigenvalue weighted by molar-refractivity contribution is 5.67. The number of amides is 1. The van der Waals surface area contributed by atoms with Crippen LogP contribution in [0.4, 0.5) is 16.2 Å². The van der Waals surface area contributed by atoms with E-state index in [1.807, 2.05) is 54.6 Å². The molecule has 3 aromatic rings. The molecule has 1 aromatic heterocycles. The van der Waals surface area contributed by atoms with Crippen LogP contribution in [0.5, 0.6) is 0 Å². The molecule has 0 aliphatic carbocycles. The van der Waals surface area contributed by atoms with E-state index < -0.39 is 6.09 Å². The van der Waals surface area contributed by atoms with Gasteiger partial charge >= 0.3 is 6.09 Å². The number of hydrogen-bond donors (Lipinski definition) is 3. The van der Waals surface area contributed by atoms with E-state index in [0.29, 0.717) is 13.1 Å². The van der Waals surface area contributed by atoms with Crippen LogP contribution in [0.2, 0.25) is 0 Å². The molecule has 4 N–H and O–H groups in total. The maximum Gasteiger partial charge on any atom is 0.407 e. The molecule has 0 aliphatic rings. The number of nitrogens with zero attached hydrogens (tertiary/aromatic N) is 1. The number of nitrogen functional groups attached to an aromatic ring is 1. The predicted octanol–water partition coefficient (Wildman–Crippen LogP) is 3.70. The molecule has 0 saturated heterocycles. The molecule has 27 heavy (non-hydrogen) atoms.